The van der Waals surface area contributed by atoms with Crippen LogP contribution < -0.4 is 11.2 Å². The van der Waals surface area contributed by atoms with E-state index in [0.717, 1.165) is 16.3 Å². The quantitative estimate of drug-likeness (QED) is 0.365. The van der Waals surface area contributed by atoms with E-state index in [4.69, 9.17) is 9.15 Å². The maximum Gasteiger partial charge on any atom is 0.332 e. The Bertz CT molecular complexity index is 1120. The van der Waals surface area contributed by atoms with Crippen LogP contribution in [-0.4, -0.2) is 36.9 Å². The normalized spacial score (nSPS) is 12.3. The van der Waals surface area contributed by atoms with Gasteiger partial charge in [-0.3, -0.25) is 18.7 Å². The lowest BCUT2D eigenvalue weighted by atomic mass is 10.3. The molecule has 0 fully saturated rings. The molecule has 3 aromatic heterocycles. The summed E-state index contributed by atoms with van der Waals surface area (Å²) in [4.78, 5) is 45.8. The molecule has 142 valence electrons. The second kappa shape index (κ2) is 7.39. The van der Waals surface area contributed by atoms with Gasteiger partial charge in [0, 0.05) is 14.1 Å². The van der Waals surface area contributed by atoms with Crippen molar-refractivity contribution in [3.05, 3.63) is 39.2 Å². The van der Waals surface area contributed by atoms with Crippen LogP contribution in [0.5, 0.6) is 0 Å². The molecular weight excluding hydrogens is 372 g/mol. The molecule has 0 bridgehead atoms. The minimum atomic E-state index is -0.602. The van der Waals surface area contributed by atoms with E-state index in [1.807, 2.05) is 0 Å². The van der Waals surface area contributed by atoms with Crippen molar-refractivity contribution in [1.82, 2.24) is 19.1 Å². The summed E-state index contributed by atoms with van der Waals surface area (Å²) >= 11 is 1.07. The molecule has 0 aliphatic heterocycles. The van der Waals surface area contributed by atoms with Gasteiger partial charge in [-0.15, -0.1) is 0 Å². The number of rotatable bonds is 5. The van der Waals surface area contributed by atoms with Crippen LogP contribution in [0.2, 0.25) is 0 Å². The topological polar surface area (TPSA) is 109 Å². The third-order valence-electron chi connectivity index (χ3n) is 3.92. The molecule has 0 saturated heterocycles. The van der Waals surface area contributed by atoms with E-state index in [0.29, 0.717) is 5.76 Å². The average Bonchev–Trinajstić information content (AvgIpc) is 3.19. The van der Waals surface area contributed by atoms with Crippen LogP contribution in [0.1, 0.15) is 13.8 Å². The fourth-order valence-corrected chi connectivity index (χ4v) is 3.44. The molecule has 0 saturated carbocycles. The molecule has 0 amide bonds. The van der Waals surface area contributed by atoms with Gasteiger partial charge in [0.1, 0.15) is 15.7 Å². The van der Waals surface area contributed by atoms with Crippen molar-refractivity contribution in [2.75, 3.05) is 6.61 Å². The van der Waals surface area contributed by atoms with Crippen LogP contribution >= 0.6 is 11.8 Å². The zero-order chi connectivity index (χ0) is 19.7. The predicted molar refractivity (Wildman–Crippen MR) is 99.7 cm³/mol. The van der Waals surface area contributed by atoms with Gasteiger partial charge >= 0.3 is 11.7 Å². The molecule has 9 nitrogen and oxygen atoms in total. The van der Waals surface area contributed by atoms with Crippen molar-refractivity contribution in [1.29, 1.82) is 0 Å². The van der Waals surface area contributed by atoms with E-state index in [9.17, 15) is 14.4 Å². The Balaban J connectivity index is 2.27. The fourth-order valence-electron chi connectivity index (χ4n) is 2.51. The van der Waals surface area contributed by atoms with Gasteiger partial charge in [-0.25, -0.2) is 14.8 Å². The highest BCUT2D eigenvalue weighted by Crippen LogP contribution is 2.29. The van der Waals surface area contributed by atoms with Gasteiger partial charge < -0.3 is 9.15 Å². The Hall–Kier alpha value is -2.88. The van der Waals surface area contributed by atoms with Crippen LogP contribution in [0.15, 0.2) is 37.4 Å². The molecule has 10 heteroatoms. The summed E-state index contributed by atoms with van der Waals surface area (Å²) in [6.07, 6.45) is 1.47. The number of thioether (sulfide) groups is 1. The van der Waals surface area contributed by atoms with Gasteiger partial charge in [-0.1, -0.05) is 11.8 Å². The van der Waals surface area contributed by atoms with E-state index in [1.54, 1.807) is 26.0 Å². The minimum absolute atomic E-state index is 0.163. The lowest BCUT2D eigenvalue weighted by molar-refractivity contribution is -0.142. The largest absolute Gasteiger partial charge is 0.465 e. The fraction of sp³-hybridized carbons (Fsp3) is 0.353. The summed E-state index contributed by atoms with van der Waals surface area (Å²) in [5, 5.41) is -0.159. The number of ether oxygens (including phenoxy) is 1. The Kier molecular flexibility index (Phi) is 5.17. The molecule has 3 aromatic rings. The van der Waals surface area contributed by atoms with Gasteiger partial charge in [-0.2, -0.15) is 0 Å². The molecule has 0 radical (unpaired) electrons. The number of aromatic nitrogens is 4. The standard InChI is InChI=1S/C17H18N4O5S/c1-5-25-16(23)9(2)27-14-11-13(20(3)17(24)21(4)15(11)22)18-12(19-14)10-7-6-8-26-10/h6-9H,5H2,1-4H3/t9-/m1/s1. The first-order valence-electron chi connectivity index (χ1n) is 8.20. The Morgan fingerprint density at radius 3 is 2.67 bits per heavy atom. The van der Waals surface area contributed by atoms with E-state index < -0.39 is 22.5 Å². The van der Waals surface area contributed by atoms with Crippen molar-refractivity contribution in [3.63, 3.8) is 0 Å². The van der Waals surface area contributed by atoms with Crippen LogP contribution in [0.4, 0.5) is 0 Å². The van der Waals surface area contributed by atoms with E-state index in [2.05, 4.69) is 9.97 Å². The summed E-state index contributed by atoms with van der Waals surface area (Å²) in [5.74, 6) is 0.181. The molecular formula is C17H18N4O5S. The lowest BCUT2D eigenvalue weighted by Gasteiger charge is -2.13. The maximum atomic E-state index is 12.7. The number of carbonyl (C=O) groups is 1. The van der Waals surface area contributed by atoms with Crippen molar-refractivity contribution in [3.8, 4) is 11.6 Å². The molecule has 1 atom stereocenters. The molecule has 3 heterocycles. The summed E-state index contributed by atoms with van der Waals surface area (Å²) in [7, 11) is 2.90. The zero-order valence-corrected chi connectivity index (χ0v) is 16.1. The summed E-state index contributed by atoms with van der Waals surface area (Å²) in [6, 6.07) is 3.35. The molecule has 0 spiro atoms. The van der Waals surface area contributed by atoms with E-state index >= 15 is 0 Å². The van der Waals surface area contributed by atoms with Gasteiger partial charge in [0.25, 0.3) is 5.56 Å². The van der Waals surface area contributed by atoms with Crippen molar-refractivity contribution >= 4 is 28.8 Å². The van der Waals surface area contributed by atoms with Crippen LogP contribution in [0.25, 0.3) is 22.6 Å². The number of furan rings is 1. The van der Waals surface area contributed by atoms with E-state index in [-0.39, 0.29) is 28.5 Å². The molecule has 27 heavy (non-hydrogen) atoms. The lowest BCUT2D eigenvalue weighted by Crippen LogP contribution is -2.37. The number of carbonyl (C=O) groups excluding carboxylic acids is 1. The average molecular weight is 390 g/mol. The number of hydrogen-bond acceptors (Lipinski definition) is 8. The molecule has 3 rings (SSSR count). The Morgan fingerprint density at radius 1 is 1.30 bits per heavy atom. The molecule has 0 aromatic carbocycles. The third-order valence-corrected chi connectivity index (χ3v) is 4.98. The van der Waals surface area contributed by atoms with Crippen LogP contribution in [0, 0.1) is 0 Å². The summed E-state index contributed by atoms with van der Waals surface area (Å²) in [5.41, 5.74) is -0.869. The molecule has 0 aliphatic rings. The first kappa shape index (κ1) is 18.9. The van der Waals surface area contributed by atoms with Gasteiger partial charge in [0.2, 0.25) is 0 Å². The van der Waals surface area contributed by atoms with E-state index in [1.165, 1.54) is 24.9 Å². The van der Waals surface area contributed by atoms with Crippen molar-refractivity contribution in [2.24, 2.45) is 14.1 Å². The SMILES string of the molecule is CCOC(=O)[C@@H](C)Sc1nc(-c2ccco2)nc2c1c(=O)n(C)c(=O)n2C. The van der Waals surface area contributed by atoms with Crippen LogP contribution in [0.3, 0.4) is 0 Å². The highest BCUT2D eigenvalue weighted by Gasteiger charge is 2.23. The predicted octanol–water partition coefficient (Wildman–Crippen LogP) is 1.33. The highest BCUT2D eigenvalue weighted by molar-refractivity contribution is 8.00. The highest BCUT2D eigenvalue weighted by atomic mass is 32.2. The number of aryl methyl sites for hydroxylation is 1. The molecule has 0 N–H and O–H groups in total. The molecule has 0 unspecified atom stereocenters. The second-order valence-corrected chi connectivity index (χ2v) is 7.08. The second-order valence-electron chi connectivity index (χ2n) is 5.75. The van der Waals surface area contributed by atoms with Gasteiger partial charge in [0.05, 0.1) is 12.9 Å². The summed E-state index contributed by atoms with van der Waals surface area (Å²) < 4.78 is 12.6. The van der Waals surface area contributed by atoms with Gasteiger partial charge in [-0.05, 0) is 26.0 Å². The van der Waals surface area contributed by atoms with Crippen molar-refractivity contribution in [2.45, 2.75) is 24.1 Å². The summed E-state index contributed by atoms with van der Waals surface area (Å²) in [6.45, 7) is 3.63. The Morgan fingerprint density at radius 2 is 2.04 bits per heavy atom. The van der Waals surface area contributed by atoms with Crippen molar-refractivity contribution < 1.29 is 13.9 Å². The number of fused-ring (bicyclic) bond motifs is 1. The van der Waals surface area contributed by atoms with Crippen LogP contribution in [-0.2, 0) is 23.6 Å². The number of esters is 1. The third kappa shape index (κ3) is 3.39. The number of nitrogens with zero attached hydrogens (tertiary/aromatic N) is 4. The molecule has 0 aliphatic carbocycles. The minimum Gasteiger partial charge on any atom is -0.465 e. The first-order valence-corrected chi connectivity index (χ1v) is 9.08. The smallest absolute Gasteiger partial charge is 0.332 e. The zero-order valence-electron chi connectivity index (χ0n) is 15.3. The number of hydrogen-bond donors (Lipinski definition) is 0. The first-order chi connectivity index (χ1) is 12.8. The Labute approximate surface area is 158 Å². The van der Waals surface area contributed by atoms with Gasteiger partial charge in [0.15, 0.2) is 17.2 Å². The maximum absolute atomic E-state index is 12.7. The monoisotopic (exact) mass is 390 g/mol.